The van der Waals surface area contributed by atoms with Crippen LogP contribution in [0.2, 0.25) is 0 Å². The van der Waals surface area contributed by atoms with E-state index in [0.717, 1.165) is 12.0 Å². The molecule has 0 bridgehead atoms. The second-order valence-electron chi connectivity index (χ2n) is 7.40. The highest BCUT2D eigenvalue weighted by Crippen LogP contribution is 2.13. The van der Waals surface area contributed by atoms with Gasteiger partial charge in [0.1, 0.15) is 0 Å². The van der Waals surface area contributed by atoms with Gasteiger partial charge in [0, 0.05) is 44.0 Å². The van der Waals surface area contributed by atoms with Crippen molar-refractivity contribution in [1.82, 2.24) is 29.9 Å². The number of hydrazine groups is 1. The molecule has 226 valence electrons. The Morgan fingerprint density at radius 3 is 1.57 bits per heavy atom. The zero-order valence-corrected chi connectivity index (χ0v) is 22.3. The van der Waals surface area contributed by atoms with Crippen molar-refractivity contribution in [3.8, 4) is 0 Å². The summed E-state index contributed by atoms with van der Waals surface area (Å²) in [5.41, 5.74) is 5.27. The summed E-state index contributed by atoms with van der Waals surface area (Å²) in [6.07, 6.45) is -2.20. The van der Waals surface area contributed by atoms with Crippen molar-refractivity contribution in [2.45, 2.75) is 12.2 Å². The molecular weight excluding hydrogens is 584 g/mol. The highest BCUT2D eigenvalue weighted by molar-refractivity contribution is 7.94. The molecule has 2 rings (SSSR count). The van der Waals surface area contributed by atoms with Crippen LogP contribution in [0.4, 0.5) is 35.7 Å². The summed E-state index contributed by atoms with van der Waals surface area (Å²) >= 11 is 0.801. The standard InChI is InChI=1S/C16H30N12O10S2/c29-7-9(31)5-19-13-21-11(17-1-3-39-38-37-33)23-15(25-13)27-28-16-24-12(18-2-4-40(34,35)36)22-14(26-16)20-6-10(32)8-30/h9-10,29-33H,1-8H2,(H,34,35,36)(H3,17,19,21,23,25,27)(H3,18,20,22,24,26,28). The second kappa shape index (κ2) is 17.5. The van der Waals surface area contributed by atoms with Crippen LogP contribution in [0.5, 0.6) is 0 Å². The van der Waals surface area contributed by atoms with Crippen LogP contribution >= 0.6 is 12.0 Å². The number of aliphatic hydroxyl groups is 4. The third-order valence-electron chi connectivity index (χ3n) is 4.16. The summed E-state index contributed by atoms with van der Waals surface area (Å²) in [4.78, 5) is 24.6. The van der Waals surface area contributed by atoms with Crippen LogP contribution in [-0.2, 0) is 19.5 Å². The number of rotatable bonds is 21. The first-order chi connectivity index (χ1) is 19.1. The molecule has 0 fully saturated rings. The summed E-state index contributed by atoms with van der Waals surface area (Å²) in [5.74, 6) is -0.562. The molecule has 0 spiro atoms. The van der Waals surface area contributed by atoms with Gasteiger partial charge in [0.15, 0.2) is 0 Å². The van der Waals surface area contributed by atoms with Crippen LogP contribution in [0, 0.1) is 0 Å². The molecule has 2 heterocycles. The number of anilines is 6. The average molecular weight is 615 g/mol. The Morgan fingerprint density at radius 2 is 1.15 bits per heavy atom. The Morgan fingerprint density at radius 1 is 0.725 bits per heavy atom. The second-order valence-corrected chi connectivity index (χ2v) is 9.75. The van der Waals surface area contributed by atoms with Crippen molar-refractivity contribution < 1.29 is 48.0 Å². The zero-order chi connectivity index (χ0) is 29.4. The van der Waals surface area contributed by atoms with Gasteiger partial charge in [-0.05, 0) is 0 Å². The summed E-state index contributed by atoms with van der Waals surface area (Å²) < 4.78 is 35.2. The maximum atomic E-state index is 11.0. The van der Waals surface area contributed by atoms with Gasteiger partial charge in [0.05, 0.1) is 31.2 Å². The Labute approximate surface area is 231 Å². The monoisotopic (exact) mass is 614 g/mol. The minimum Gasteiger partial charge on any atom is -0.394 e. The zero-order valence-electron chi connectivity index (χ0n) is 20.6. The highest BCUT2D eigenvalue weighted by atomic mass is 32.2. The van der Waals surface area contributed by atoms with Crippen LogP contribution < -0.4 is 32.1 Å². The predicted molar refractivity (Wildman–Crippen MR) is 141 cm³/mol. The molecule has 2 atom stereocenters. The molecule has 2 aromatic heterocycles. The van der Waals surface area contributed by atoms with Gasteiger partial charge in [0.25, 0.3) is 10.1 Å². The minimum atomic E-state index is -4.24. The van der Waals surface area contributed by atoms with E-state index in [1.165, 1.54) is 0 Å². The number of nitrogens with zero attached hydrogens (tertiary/aromatic N) is 6. The molecule has 0 aliphatic heterocycles. The number of aromatic nitrogens is 6. The molecule has 0 saturated carbocycles. The van der Waals surface area contributed by atoms with Gasteiger partial charge in [-0.3, -0.25) is 15.4 Å². The van der Waals surface area contributed by atoms with Crippen molar-refractivity contribution in [2.24, 2.45) is 0 Å². The molecule has 22 nitrogen and oxygen atoms in total. The Bertz CT molecular complexity index is 1140. The SMILES string of the molecule is O=S(=O)(O)CCNc1nc(NCC(O)CO)nc(NNc2nc(NCCSOOO)nc(NCC(O)CO)n2)n1. The van der Waals surface area contributed by atoms with E-state index in [0.29, 0.717) is 5.75 Å². The molecule has 2 aromatic rings. The maximum absolute atomic E-state index is 11.0. The van der Waals surface area contributed by atoms with Crippen molar-refractivity contribution in [3.63, 3.8) is 0 Å². The van der Waals surface area contributed by atoms with E-state index >= 15 is 0 Å². The molecule has 0 amide bonds. The molecule has 0 aliphatic carbocycles. The van der Waals surface area contributed by atoms with Crippen LogP contribution in [0.15, 0.2) is 0 Å². The van der Waals surface area contributed by atoms with E-state index in [1.807, 2.05) is 0 Å². The first kappa shape index (κ1) is 33.0. The van der Waals surface area contributed by atoms with Gasteiger partial charge in [0.2, 0.25) is 35.7 Å². The quantitative estimate of drug-likeness (QED) is 0.0216. The van der Waals surface area contributed by atoms with Crippen molar-refractivity contribution in [1.29, 1.82) is 0 Å². The van der Waals surface area contributed by atoms with Gasteiger partial charge in [-0.1, -0.05) is 5.04 Å². The third-order valence-corrected chi connectivity index (χ3v) is 5.41. The Kier molecular flexibility index (Phi) is 14.4. The van der Waals surface area contributed by atoms with Crippen LogP contribution in [0.3, 0.4) is 0 Å². The van der Waals surface area contributed by atoms with E-state index in [1.54, 1.807) is 0 Å². The summed E-state index contributed by atoms with van der Waals surface area (Å²) in [6, 6.07) is 0. The van der Waals surface area contributed by atoms with Gasteiger partial charge in [-0.15, -0.1) is 4.33 Å². The molecule has 0 radical (unpaired) electrons. The van der Waals surface area contributed by atoms with Crippen LogP contribution in [0.25, 0.3) is 0 Å². The molecule has 24 heteroatoms. The fraction of sp³-hybridized carbons (Fsp3) is 0.625. The molecule has 40 heavy (non-hydrogen) atoms. The van der Waals surface area contributed by atoms with Crippen LogP contribution in [-0.4, -0.2) is 132 Å². The Balaban J connectivity index is 2.18. The predicted octanol–water partition coefficient (Wildman–Crippen LogP) is -3.19. The topological polar surface area (TPSA) is 323 Å². The molecule has 0 saturated heterocycles. The first-order valence-corrected chi connectivity index (χ1v) is 13.8. The van der Waals surface area contributed by atoms with E-state index in [9.17, 15) is 18.6 Å². The minimum absolute atomic E-state index is 0.0143. The lowest BCUT2D eigenvalue weighted by molar-refractivity contribution is -0.432. The molecule has 12 N–H and O–H groups in total. The number of hydrogen-bond donors (Lipinski definition) is 12. The fourth-order valence-electron chi connectivity index (χ4n) is 2.39. The average Bonchev–Trinajstić information content (AvgIpc) is 2.92. The van der Waals surface area contributed by atoms with Crippen molar-refractivity contribution in [3.05, 3.63) is 0 Å². The molecule has 2 unspecified atom stereocenters. The maximum Gasteiger partial charge on any atom is 0.266 e. The number of hydrogen-bond acceptors (Lipinski definition) is 22. The van der Waals surface area contributed by atoms with E-state index in [-0.39, 0.29) is 61.9 Å². The molecular formula is C16H30N12O10S2. The van der Waals surface area contributed by atoms with Gasteiger partial charge >= 0.3 is 0 Å². The first-order valence-electron chi connectivity index (χ1n) is 11.2. The fourth-order valence-corrected chi connectivity index (χ4v) is 3.05. The van der Waals surface area contributed by atoms with E-state index in [4.69, 9.17) is 20.0 Å². The summed E-state index contributed by atoms with van der Waals surface area (Å²) in [6.45, 7) is -1.18. The van der Waals surface area contributed by atoms with E-state index < -0.39 is 41.3 Å². The third kappa shape index (κ3) is 13.7. The molecule has 0 aromatic carbocycles. The molecule has 0 aliphatic rings. The smallest absolute Gasteiger partial charge is 0.266 e. The highest BCUT2D eigenvalue weighted by Gasteiger charge is 2.12. The summed E-state index contributed by atoms with van der Waals surface area (Å²) in [7, 11) is -4.24. The van der Waals surface area contributed by atoms with Crippen LogP contribution in [0.1, 0.15) is 0 Å². The van der Waals surface area contributed by atoms with Gasteiger partial charge < -0.3 is 41.7 Å². The van der Waals surface area contributed by atoms with E-state index in [2.05, 4.69) is 71.4 Å². The lowest BCUT2D eigenvalue weighted by Gasteiger charge is -2.14. The number of aliphatic hydroxyl groups excluding tert-OH is 4. The largest absolute Gasteiger partial charge is 0.394 e. The Hall–Kier alpha value is -3.20. The van der Waals surface area contributed by atoms with Crippen molar-refractivity contribution in [2.75, 3.05) is 83.0 Å². The van der Waals surface area contributed by atoms with Gasteiger partial charge in [-0.2, -0.15) is 38.3 Å². The van der Waals surface area contributed by atoms with Crippen molar-refractivity contribution >= 4 is 57.9 Å². The van der Waals surface area contributed by atoms with Gasteiger partial charge in [-0.25, -0.2) is 5.26 Å². The number of nitrogens with one attached hydrogen (secondary N) is 6. The summed E-state index contributed by atoms with van der Waals surface area (Å²) in [5, 5.41) is 59.8. The lowest BCUT2D eigenvalue weighted by Crippen LogP contribution is -2.25. The lowest BCUT2D eigenvalue weighted by atomic mass is 10.4. The normalized spacial score (nSPS) is 12.8.